The molecule has 1 fully saturated rings. The number of para-hydroxylation sites is 1. The van der Waals surface area contributed by atoms with Crippen molar-refractivity contribution < 1.29 is 22.7 Å². The molecule has 9 nitrogen and oxygen atoms in total. The first-order valence-electron chi connectivity index (χ1n) is 8.46. The molecule has 1 aromatic carbocycles. The number of aromatic nitrogens is 2. The van der Waals surface area contributed by atoms with Crippen LogP contribution in [0.2, 0.25) is 0 Å². The number of hydrogen-bond donors (Lipinski definition) is 2. The van der Waals surface area contributed by atoms with E-state index in [9.17, 15) is 22.8 Å². The van der Waals surface area contributed by atoms with E-state index in [0.717, 1.165) is 0 Å². The van der Waals surface area contributed by atoms with Gasteiger partial charge in [0, 0.05) is 12.5 Å². The highest BCUT2D eigenvalue weighted by atomic mass is 32.2. The van der Waals surface area contributed by atoms with E-state index in [1.54, 1.807) is 24.3 Å². The van der Waals surface area contributed by atoms with Crippen molar-refractivity contribution in [1.29, 1.82) is 0 Å². The molecule has 3 rings (SSSR count). The molecule has 0 bridgehead atoms. The highest BCUT2D eigenvalue weighted by Gasteiger charge is 2.29. The summed E-state index contributed by atoms with van der Waals surface area (Å²) in [6, 6.07) is 6.43. The number of carbonyl (C=O) groups excluding carboxylic acids is 2. The zero-order valence-electron chi connectivity index (χ0n) is 14.4. The average molecular weight is 393 g/mol. The summed E-state index contributed by atoms with van der Waals surface area (Å²) in [5, 5.41) is 3.00. The minimum Gasteiger partial charge on any atom is -0.456 e. The van der Waals surface area contributed by atoms with Gasteiger partial charge < -0.3 is 15.0 Å². The van der Waals surface area contributed by atoms with E-state index in [1.165, 1.54) is 0 Å². The van der Waals surface area contributed by atoms with Gasteiger partial charge in [-0.1, -0.05) is 12.1 Å². The molecule has 27 heavy (non-hydrogen) atoms. The van der Waals surface area contributed by atoms with Crippen molar-refractivity contribution in [3.05, 3.63) is 40.4 Å². The van der Waals surface area contributed by atoms with Crippen molar-refractivity contribution in [3.8, 4) is 0 Å². The van der Waals surface area contributed by atoms with Crippen molar-refractivity contribution in [2.75, 3.05) is 18.1 Å². The number of ether oxygens (including phenoxy) is 1. The van der Waals surface area contributed by atoms with Gasteiger partial charge in [-0.3, -0.25) is 14.4 Å². The first-order chi connectivity index (χ1) is 12.8. The van der Waals surface area contributed by atoms with E-state index in [1.807, 2.05) is 0 Å². The Morgan fingerprint density at radius 2 is 2.07 bits per heavy atom. The number of H-pyrrole nitrogens is 1. The summed E-state index contributed by atoms with van der Waals surface area (Å²) in [4.78, 5) is 42.4. The smallest absolute Gasteiger partial charge is 0.306 e. The highest BCUT2D eigenvalue weighted by Crippen LogP contribution is 2.11. The summed E-state index contributed by atoms with van der Waals surface area (Å²) < 4.78 is 27.6. The Balaban J connectivity index is 1.46. The Morgan fingerprint density at radius 3 is 2.81 bits per heavy atom. The van der Waals surface area contributed by atoms with Crippen LogP contribution in [0.4, 0.5) is 0 Å². The molecule has 2 aromatic rings. The maximum absolute atomic E-state index is 12.0. The van der Waals surface area contributed by atoms with Crippen molar-refractivity contribution in [1.82, 2.24) is 15.3 Å². The predicted molar refractivity (Wildman–Crippen MR) is 96.8 cm³/mol. The van der Waals surface area contributed by atoms with Crippen LogP contribution in [0.3, 0.4) is 0 Å². The van der Waals surface area contributed by atoms with Crippen LogP contribution in [0.15, 0.2) is 29.1 Å². The standard InChI is InChI=1S/C17H19N3O6S/c21-15(18-11-7-8-27(24,25)10-11)9-26-16(22)6-5-14-19-13-4-2-1-3-12(13)17(23)20-14/h1-4,11H,5-10H2,(H,18,21)(H,19,20,23)/t11-/m0/s1. The van der Waals surface area contributed by atoms with Gasteiger partial charge in [0.05, 0.1) is 28.8 Å². The van der Waals surface area contributed by atoms with Gasteiger partial charge in [0.2, 0.25) is 0 Å². The fraction of sp³-hybridized carbons (Fsp3) is 0.412. The molecule has 1 aliphatic rings. The Morgan fingerprint density at radius 1 is 1.30 bits per heavy atom. The van der Waals surface area contributed by atoms with E-state index in [4.69, 9.17) is 4.74 Å². The molecular weight excluding hydrogens is 374 g/mol. The van der Waals surface area contributed by atoms with Gasteiger partial charge in [0.15, 0.2) is 16.4 Å². The maximum Gasteiger partial charge on any atom is 0.306 e. The van der Waals surface area contributed by atoms with Gasteiger partial charge in [0.25, 0.3) is 11.5 Å². The molecule has 0 unspecified atom stereocenters. The number of carbonyl (C=O) groups is 2. The van der Waals surface area contributed by atoms with Crippen molar-refractivity contribution in [2.24, 2.45) is 0 Å². The number of benzene rings is 1. The number of hydrogen-bond acceptors (Lipinski definition) is 7. The van der Waals surface area contributed by atoms with Crippen LogP contribution < -0.4 is 10.9 Å². The Kier molecular flexibility index (Phi) is 5.54. The SMILES string of the molecule is O=C(COC(=O)CCc1nc2ccccc2c(=O)[nH]1)N[C@H]1CCS(=O)(=O)C1. The molecule has 0 radical (unpaired) electrons. The van der Waals surface area contributed by atoms with E-state index in [-0.39, 0.29) is 29.9 Å². The van der Waals surface area contributed by atoms with Gasteiger partial charge in [0.1, 0.15) is 5.82 Å². The number of esters is 1. The molecule has 144 valence electrons. The highest BCUT2D eigenvalue weighted by molar-refractivity contribution is 7.91. The Bertz CT molecular complexity index is 1030. The number of rotatable bonds is 6. The number of sulfone groups is 1. The van der Waals surface area contributed by atoms with Crippen LogP contribution in [0.1, 0.15) is 18.7 Å². The second-order valence-electron chi connectivity index (χ2n) is 6.36. The number of nitrogens with zero attached hydrogens (tertiary/aromatic N) is 1. The molecular formula is C17H19N3O6S. The summed E-state index contributed by atoms with van der Waals surface area (Å²) in [7, 11) is -3.09. The van der Waals surface area contributed by atoms with Crippen molar-refractivity contribution >= 4 is 32.6 Å². The summed E-state index contributed by atoms with van der Waals surface area (Å²) >= 11 is 0. The lowest BCUT2D eigenvalue weighted by Crippen LogP contribution is -2.38. The number of aryl methyl sites for hydroxylation is 1. The van der Waals surface area contributed by atoms with Crippen LogP contribution >= 0.6 is 0 Å². The molecule has 1 saturated heterocycles. The first kappa shape index (κ1) is 19.0. The lowest BCUT2D eigenvalue weighted by atomic mass is 10.2. The average Bonchev–Trinajstić information content (AvgIpc) is 2.96. The van der Waals surface area contributed by atoms with Gasteiger partial charge in [-0.2, -0.15) is 0 Å². The molecule has 0 spiro atoms. The number of fused-ring (bicyclic) bond motifs is 1. The third-order valence-corrected chi connectivity index (χ3v) is 5.96. The van der Waals surface area contributed by atoms with Crippen molar-refractivity contribution in [3.63, 3.8) is 0 Å². The normalized spacial score (nSPS) is 18.3. The van der Waals surface area contributed by atoms with Gasteiger partial charge in [-0.05, 0) is 18.6 Å². The van der Waals surface area contributed by atoms with E-state index in [0.29, 0.717) is 23.1 Å². The van der Waals surface area contributed by atoms with Gasteiger partial charge in [-0.25, -0.2) is 13.4 Å². The van der Waals surface area contributed by atoms with Gasteiger partial charge in [-0.15, -0.1) is 0 Å². The van der Waals surface area contributed by atoms with Crippen LogP contribution in [0, 0.1) is 0 Å². The fourth-order valence-electron chi connectivity index (χ4n) is 2.87. The van der Waals surface area contributed by atoms with E-state index in [2.05, 4.69) is 15.3 Å². The summed E-state index contributed by atoms with van der Waals surface area (Å²) in [5.74, 6) is -0.832. The number of amides is 1. The van der Waals surface area contributed by atoms with Gasteiger partial charge >= 0.3 is 5.97 Å². The summed E-state index contributed by atoms with van der Waals surface area (Å²) in [5.41, 5.74) is 0.255. The zero-order valence-corrected chi connectivity index (χ0v) is 15.3. The predicted octanol–water partition coefficient (Wildman–Crippen LogP) is -0.298. The fourth-order valence-corrected chi connectivity index (χ4v) is 4.54. The van der Waals surface area contributed by atoms with E-state index < -0.39 is 34.4 Å². The summed E-state index contributed by atoms with van der Waals surface area (Å²) in [6.07, 6.45) is 0.483. The third kappa shape index (κ3) is 5.13. The maximum atomic E-state index is 12.0. The third-order valence-electron chi connectivity index (χ3n) is 4.19. The first-order valence-corrected chi connectivity index (χ1v) is 10.3. The lowest BCUT2D eigenvalue weighted by molar-refractivity contribution is -0.148. The molecule has 1 aliphatic heterocycles. The van der Waals surface area contributed by atoms with Crippen LogP contribution in [-0.2, 0) is 30.6 Å². The van der Waals surface area contributed by atoms with Crippen molar-refractivity contribution in [2.45, 2.75) is 25.3 Å². The lowest BCUT2D eigenvalue weighted by Gasteiger charge is -2.11. The molecule has 1 amide bonds. The Labute approximate surface area is 155 Å². The Hall–Kier alpha value is -2.75. The zero-order chi connectivity index (χ0) is 19.4. The molecule has 1 aromatic heterocycles. The quantitative estimate of drug-likeness (QED) is 0.643. The molecule has 10 heteroatoms. The molecule has 1 atom stereocenters. The summed E-state index contributed by atoms with van der Waals surface area (Å²) in [6.45, 7) is -0.475. The minimum atomic E-state index is -3.09. The number of aromatic amines is 1. The van der Waals surface area contributed by atoms with Crippen LogP contribution in [0.5, 0.6) is 0 Å². The minimum absolute atomic E-state index is 0.0492. The molecule has 2 N–H and O–H groups in total. The second-order valence-corrected chi connectivity index (χ2v) is 8.59. The molecule has 0 saturated carbocycles. The van der Waals surface area contributed by atoms with Crippen LogP contribution in [-0.4, -0.2) is 54.4 Å². The molecule has 0 aliphatic carbocycles. The van der Waals surface area contributed by atoms with E-state index >= 15 is 0 Å². The molecule has 2 heterocycles. The largest absolute Gasteiger partial charge is 0.456 e. The number of nitrogens with one attached hydrogen (secondary N) is 2. The monoisotopic (exact) mass is 393 g/mol. The second kappa shape index (κ2) is 7.87. The topological polar surface area (TPSA) is 135 Å². The van der Waals surface area contributed by atoms with Crippen LogP contribution in [0.25, 0.3) is 10.9 Å².